The highest BCUT2D eigenvalue weighted by atomic mass is 14.5. The van der Waals surface area contributed by atoms with Crippen molar-refractivity contribution in [3.8, 4) is 0 Å². The van der Waals surface area contributed by atoms with E-state index in [0.717, 1.165) is 19.4 Å². The summed E-state index contributed by atoms with van der Waals surface area (Å²) in [6.07, 6.45) is 2.12. The van der Waals surface area contributed by atoms with Gasteiger partial charge in [-0.3, -0.25) is 0 Å². The Bertz CT molecular complexity index is 476. The van der Waals surface area contributed by atoms with Crippen LogP contribution in [0.25, 0.3) is 0 Å². The van der Waals surface area contributed by atoms with Gasteiger partial charge < -0.3 is 5.73 Å². The molecule has 2 aromatic carbocycles. The number of rotatable bonds is 5. The standard InChI is InChI=1S/C17H21N/c1-14-7-5-6-10-16(14)13-17(11-12-18)15-8-3-2-4-9-15/h2-10,17H,11-13,18H2,1H3. The van der Waals surface area contributed by atoms with Crippen LogP contribution in [0.1, 0.15) is 29.0 Å². The van der Waals surface area contributed by atoms with Crippen molar-refractivity contribution in [2.24, 2.45) is 5.73 Å². The van der Waals surface area contributed by atoms with Crippen molar-refractivity contribution in [3.05, 3.63) is 71.3 Å². The third-order valence-electron chi connectivity index (χ3n) is 3.51. The molecule has 2 rings (SSSR count). The molecule has 0 aliphatic carbocycles. The summed E-state index contributed by atoms with van der Waals surface area (Å²) in [5, 5.41) is 0. The highest BCUT2D eigenvalue weighted by Crippen LogP contribution is 2.25. The molecule has 0 aliphatic rings. The van der Waals surface area contributed by atoms with E-state index in [2.05, 4.69) is 61.5 Å². The summed E-state index contributed by atoms with van der Waals surface area (Å²) in [6.45, 7) is 2.92. The Labute approximate surface area is 110 Å². The molecule has 1 unspecified atom stereocenters. The van der Waals surface area contributed by atoms with Gasteiger partial charge >= 0.3 is 0 Å². The number of aryl methyl sites for hydroxylation is 1. The average molecular weight is 239 g/mol. The second-order valence-electron chi connectivity index (χ2n) is 4.82. The summed E-state index contributed by atoms with van der Waals surface area (Å²) in [5.41, 5.74) is 9.95. The van der Waals surface area contributed by atoms with Crippen LogP contribution in [0.3, 0.4) is 0 Å². The van der Waals surface area contributed by atoms with Gasteiger partial charge in [0.1, 0.15) is 0 Å². The number of benzene rings is 2. The highest BCUT2D eigenvalue weighted by Gasteiger charge is 2.12. The van der Waals surface area contributed by atoms with Crippen molar-refractivity contribution in [3.63, 3.8) is 0 Å². The molecule has 0 aromatic heterocycles. The van der Waals surface area contributed by atoms with Gasteiger partial charge in [0.05, 0.1) is 0 Å². The fraction of sp³-hybridized carbons (Fsp3) is 0.294. The van der Waals surface area contributed by atoms with Crippen LogP contribution in [0.4, 0.5) is 0 Å². The first kappa shape index (κ1) is 12.8. The second-order valence-corrected chi connectivity index (χ2v) is 4.82. The average Bonchev–Trinajstić information content (AvgIpc) is 2.42. The maximum atomic E-state index is 5.76. The lowest BCUT2D eigenvalue weighted by atomic mass is 9.88. The molecule has 0 radical (unpaired) electrons. The molecule has 0 saturated carbocycles. The third kappa shape index (κ3) is 3.21. The molecule has 1 heteroatoms. The fourth-order valence-corrected chi connectivity index (χ4v) is 2.42. The molecule has 0 aliphatic heterocycles. The number of hydrogen-bond acceptors (Lipinski definition) is 1. The molecule has 0 saturated heterocycles. The zero-order valence-electron chi connectivity index (χ0n) is 11.0. The van der Waals surface area contributed by atoms with Gasteiger partial charge in [-0.25, -0.2) is 0 Å². The summed E-state index contributed by atoms with van der Waals surface area (Å²) in [4.78, 5) is 0. The molecule has 2 N–H and O–H groups in total. The smallest absolute Gasteiger partial charge is 0.00713 e. The molecule has 0 bridgehead atoms. The molecular formula is C17H21N. The maximum absolute atomic E-state index is 5.76. The van der Waals surface area contributed by atoms with Crippen LogP contribution < -0.4 is 5.73 Å². The van der Waals surface area contributed by atoms with Gasteiger partial charge in [0.2, 0.25) is 0 Å². The Balaban J connectivity index is 2.19. The largest absolute Gasteiger partial charge is 0.330 e. The van der Waals surface area contributed by atoms with Crippen LogP contribution in [0.15, 0.2) is 54.6 Å². The highest BCUT2D eigenvalue weighted by molar-refractivity contribution is 5.29. The van der Waals surface area contributed by atoms with Crippen LogP contribution in [0.2, 0.25) is 0 Å². The van der Waals surface area contributed by atoms with Crippen molar-refractivity contribution in [1.29, 1.82) is 0 Å². The minimum atomic E-state index is 0.525. The van der Waals surface area contributed by atoms with Crippen LogP contribution in [0.5, 0.6) is 0 Å². The molecular weight excluding hydrogens is 218 g/mol. The Morgan fingerprint density at radius 2 is 1.61 bits per heavy atom. The third-order valence-corrected chi connectivity index (χ3v) is 3.51. The zero-order valence-corrected chi connectivity index (χ0v) is 11.0. The summed E-state index contributed by atoms with van der Waals surface area (Å²) in [7, 11) is 0. The van der Waals surface area contributed by atoms with E-state index in [1.807, 2.05) is 0 Å². The summed E-state index contributed by atoms with van der Waals surface area (Å²) in [6, 6.07) is 19.3. The molecule has 2 aromatic rings. The van der Waals surface area contributed by atoms with Gasteiger partial charge in [-0.15, -0.1) is 0 Å². The number of nitrogens with two attached hydrogens (primary N) is 1. The summed E-state index contributed by atoms with van der Waals surface area (Å²) >= 11 is 0. The van der Waals surface area contributed by atoms with E-state index in [4.69, 9.17) is 5.73 Å². The molecule has 0 heterocycles. The topological polar surface area (TPSA) is 26.0 Å². The molecule has 94 valence electrons. The Morgan fingerprint density at radius 1 is 0.944 bits per heavy atom. The van der Waals surface area contributed by atoms with Crippen molar-refractivity contribution in [2.45, 2.75) is 25.7 Å². The number of hydrogen-bond donors (Lipinski definition) is 1. The SMILES string of the molecule is Cc1ccccc1CC(CCN)c1ccccc1. The maximum Gasteiger partial charge on any atom is -0.00713 e. The van der Waals surface area contributed by atoms with E-state index in [1.54, 1.807) is 0 Å². The summed E-state index contributed by atoms with van der Waals surface area (Å²) < 4.78 is 0. The molecule has 0 fully saturated rings. The first-order valence-electron chi connectivity index (χ1n) is 6.61. The van der Waals surface area contributed by atoms with E-state index in [1.165, 1.54) is 16.7 Å². The second kappa shape index (κ2) is 6.36. The zero-order chi connectivity index (χ0) is 12.8. The molecule has 1 nitrogen and oxygen atoms in total. The monoisotopic (exact) mass is 239 g/mol. The van der Waals surface area contributed by atoms with Gasteiger partial charge in [-0.2, -0.15) is 0 Å². The van der Waals surface area contributed by atoms with Crippen molar-refractivity contribution in [1.82, 2.24) is 0 Å². The Morgan fingerprint density at radius 3 is 2.28 bits per heavy atom. The Hall–Kier alpha value is -1.60. The van der Waals surface area contributed by atoms with Crippen molar-refractivity contribution < 1.29 is 0 Å². The fourth-order valence-electron chi connectivity index (χ4n) is 2.42. The van der Waals surface area contributed by atoms with Gasteiger partial charge in [-0.1, -0.05) is 54.6 Å². The first-order chi connectivity index (χ1) is 8.81. The first-order valence-corrected chi connectivity index (χ1v) is 6.61. The Kier molecular flexibility index (Phi) is 4.54. The normalized spacial score (nSPS) is 12.3. The van der Waals surface area contributed by atoms with Crippen LogP contribution in [-0.4, -0.2) is 6.54 Å². The lowest BCUT2D eigenvalue weighted by Crippen LogP contribution is -2.10. The minimum Gasteiger partial charge on any atom is -0.330 e. The molecule has 1 atom stereocenters. The van der Waals surface area contributed by atoms with Crippen LogP contribution in [-0.2, 0) is 6.42 Å². The van der Waals surface area contributed by atoms with E-state index in [9.17, 15) is 0 Å². The predicted octanol–water partition coefficient (Wildman–Crippen LogP) is 3.67. The van der Waals surface area contributed by atoms with E-state index in [-0.39, 0.29) is 0 Å². The van der Waals surface area contributed by atoms with E-state index in [0.29, 0.717) is 5.92 Å². The quantitative estimate of drug-likeness (QED) is 0.846. The van der Waals surface area contributed by atoms with Gasteiger partial charge in [0.15, 0.2) is 0 Å². The van der Waals surface area contributed by atoms with Crippen molar-refractivity contribution >= 4 is 0 Å². The minimum absolute atomic E-state index is 0.525. The van der Waals surface area contributed by atoms with Gasteiger partial charge in [-0.05, 0) is 48.9 Å². The predicted molar refractivity (Wildman–Crippen MR) is 77.7 cm³/mol. The lowest BCUT2D eigenvalue weighted by Gasteiger charge is -2.18. The van der Waals surface area contributed by atoms with Crippen LogP contribution >= 0.6 is 0 Å². The van der Waals surface area contributed by atoms with Gasteiger partial charge in [0.25, 0.3) is 0 Å². The van der Waals surface area contributed by atoms with Crippen LogP contribution in [0, 0.1) is 6.92 Å². The summed E-state index contributed by atoms with van der Waals surface area (Å²) in [5.74, 6) is 0.525. The molecule has 0 amide bonds. The van der Waals surface area contributed by atoms with Gasteiger partial charge in [0, 0.05) is 0 Å². The lowest BCUT2D eigenvalue weighted by molar-refractivity contribution is 0.628. The van der Waals surface area contributed by atoms with E-state index < -0.39 is 0 Å². The van der Waals surface area contributed by atoms with Crippen molar-refractivity contribution in [2.75, 3.05) is 6.54 Å². The molecule has 0 spiro atoms. The van der Waals surface area contributed by atoms with E-state index >= 15 is 0 Å². The molecule has 18 heavy (non-hydrogen) atoms.